The van der Waals surface area contributed by atoms with Gasteiger partial charge in [-0.05, 0) is 25.1 Å². The van der Waals surface area contributed by atoms with Crippen LogP contribution in [0.2, 0.25) is 0 Å². The fourth-order valence-electron chi connectivity index (χ4n) is 1.91. The van der Waals surface area contributed by atoms with Gasteiger partial charge in [0.2, 0.25) is 0 Å². The molecule has 6 nitrogen and oxygen atoms in total. The lowest BCUT2D eigenvalue weighted by Crippen LogP contribution is -2.16. The van der Waals surface area contributed by atoms with Crippen molar-refractivity contribution < 1.29 is 19.1 Å². The summed E-state index contributed by atoms with van der Waals surface area (Å²) < 4.78 is 6.18. The van der Waals surface area contributed by atoms with Crippen molar-refractivity contribution >= 4 is 44.3 Å². The van der Waals surface area contributed by atoms with Gasteiger partial charge in [0.15, 0.2) is 17.1 Å². The minimum atomic E-state index is -0.812. The van der Waals surface area contributed by atoms with Crippen LogP contribution in [-0.4, -0.2) is 16.8 Å². The number of hydrogen-bond acceptors (Lipinski definition) is 5. The number of fused-ring (bicyclic) bond motifs is 1. The number of nitrogens with one attached hydrogen (secondary N) is 1. The van der Waals surface area contributed by atoms with Crippen molar-refractivity contribution in [2.75, 3.05) is 5.32 Å². The number of aliphatic hydroxyl groups excluding tert-OH is 1. The summed E-state index contributed by atoms with van der Waals surface area (Å²) in [5.74, 6) is -1.61. The van der Waals surface area contributed by atoms with Crippen molar-refractivity contribution in [1.29, 1.82) is 5.26 Å². The molecule has 7 heteroatoms. The van der Waals surface area contributed by atoms with Crippen LogP contribution in [0.25, 0.3) is 11.0 Å². The fraction of sp³-hybridized carbons (Fsp3) is 0.133. The number of hydrogen-bond donors (Lipinski definition) is 2. The van der Waals surface area contributed by atoms with Crippen LogP contribution in [0.15, 0.2) is 38.4 Å². The number of anilines is 1. The molecule has 0 unspecified atom stereocenters. The zero-order valence-corrected chi connectivity index (χ0v) is 13.3. The van der Waals surface area contributed by atoms with Gasteiger partial charge in [0.25, 0.3) is 5.91 Å². The van der Waals surface area contributed by atoms with Crippen LogP contribution in [0.4, 0.5) is 5.69 Å². The first-order valence-electron chi connectivity index (χ1n) is 6.19. The highest BCUT2D eigenvalue weighted by Crippen LogP contribution is 2.33. The van der Waals surface area contributed by atoms with Crippen molar-refractivity contribution in [3.8, 4) is 6.07 Å². The summed E-state index contributed by atoms with van der Waals surface area (Å²) in [7, 11) is 0. The van der Waals surface area contributed by atoms with E-state index in [1.54, 1.807) is 24.3 Å². The largest absolute Gasteiger partial charge is 0.511 e. The molecule has 1 amide bonds. The summed E-state index contributed by atoms with van der Waals surface area (Å²) in [4.78, 5) is 23.8. The summed E-state index contributed by atoms with van der Waals surface area (Å²) in [6.45, 7) is 2.54. The van der Waals surface area contributed by atoms with Gasteiger partial charge < -0.3 is 14.8 Å². The van der Waals surface area contributed by atoms with Gasteiger partial charge in [0.1, 0.15) is 17.4 Å². The molecule has 0 radical (unpaired) electrons. The number of nitrogens with zero attached hydrogens (tertiary/aromatic N) is 1. The number of carbonyl (C=O) groups excluding carboxylic acids is 2. The first-order valence-corrected chi connectivity index (χ1v) is 6.98. The Hall–Kier alpha value is -2.59. The minimum Gasteiger partial charge on any atom is -0.511 e. The number of ketones is 1. The Labute approximate surface area is 134 Å². The minimum absolute atomic E-state index is 0.0191. The summed E-state index contributed by atoms with van der Waals surface area (Å²) >= 11 is 3.30. The van der Waals surface area contributed by atoms with E-state index in [-0.39, 0.29) is 17.2 Å². The van der Waals surface area contributed by atoms with Crippen LogP contribution in [0.1, 0.15) is 24.4 Å². The van der Waals surface area contributed by atoms with Gasteiger partial charge >= 0.3 is 0 Å². The Bertz CT molecular complexity index is 854. The SMILES string of the molecule is CC(=O)c1oc2ccc(Br)cc2c1NC(=O)C(C#N)=C(C)O. The third kappa shape index (κ3) is 2.87. The summed E-state index contributed by atoms with van der Waals surface area (Å²) in [6.07, 6.45) is 0. The summed E-state index contributed by atoms with van der Waals surface area (Å²) in [6, 6.07) is 6.69. The molecule has 0 aliphatic heterocycles. The van der Waals surface area contributed by atoms with Gasteiger partial charge in [-0.15, -0.1) is 0 Å². The van der Waals surface area contributed by atoms with E-state index in [4.69, 9.17) is 9.68 Å². The number of allylic oxidation sites excluding steroid dienone is 1. The van der Waals surface area contributed by atoms with E-state index in [1.807, 2.05) is 0 Å². The molecule has 1 aromatic carbocycles. The molecule has 0 fully saturated rings. The van der Waals surface area contributed by atoms with Crippen LogP contribution in [0, 0.1) is 11.3 Å². The molecule has 2 aromatic rings. The summed E-state index contributed by atoms with van der Waals surface area (Å²) in [5, 5.41) is 21.2. The van der Waals surface area contributed by atoms with E-state index < -0.39 is 17.2 Å². The molecule has 22 heavy (non-hydrogen) atoms. The van der Waals surface area contributed by atoms with Crippen LogP contribution in [-0.2, 0) is 4.79 Å². The number of rotatable bonds is 3. The zero-order chi connectivity index (χ0) is 16.4. The van der Waals surface area contributed by atoms with E-state index in [1.165, 1.54) is 13.8 Å². The molecule has 1 heterocycles. The highest BCUT2D eigenvalue weighted by atomic mass is 79.9. The Morgan fingerprint density at radius 2 is 2.05 bits per heavy atom. The van der Waals surface area contributed by atoms with Crippen LogP contribution in [0.3, 0.4) is 0 Å². The molecular formula is C15H11BrN2O4. The van der Waals surface area contributed by atoms with Crippen molar-refractivity contribution in [3.05, 3.63) is 39.8 Å². The van der Waals surface area contributed by atoms with Gasteiger partial charge in [-0.2, -0.15) is 5.26 Å². The first kappa shape index (κ1) is 15.8. The maximum Gasteiger partial charge on any atom is 0.269 e. The van der Waals surface area contributed by atoms with E-state index in [9.17, 15) is 14.7 Å². The Kier molecular flexibility index (Phi) is 4.33. The zero-order valence-electron chi connectivity index (χ0n) is 11.7. The first-order chi connectivity index (χ1) is 10.3. The molecular weight excluding hydrogens is 352 g/mol. The lowest BCUT2D eigenvalue weighted by atomic mass is 10.1. The number of nitriles is 1. The predicted molar refractivity (Wildman–Crippen MR) is 83.5 cm³/mol. The number of aliphatic hydroxyl groups is 1. The standard InChI is InChI=1S/C15H11BrN2O4/c1-7(19)11(6-17)15(21)18-13-10-5-9(16)3-4-12(10)22-14(13)8(2)20/h3-5,19H,1-2H3,(H,18,21). The molecule has 2 N–H and O–H groups in total. The smallest absolute Gasteiger partial charge is 0.269 e. The third-order valence-electron chi connectivity index (χ3n) is 2.91. The number of amides is 1. The van der Waals surface area contributed by atoms with Crippen LogP contribution < -0.4 is 5.32 Å². The highest BCUT2D eigenvalue weighted by Gasteiger charge is 2.22. The van der Waals surface area contributed by atoms with Gasteiger partial charge in [-0.1, -0.05) is 15.9 Å². The lowest BCUT2D eigenvalue weighted by Gasteiger charge is -2.04. The number of Topliss-reactive ketones (excluding diaryl/α,β-unsaturated/α-hetero) is 1. The van der Waals surface area contributed by atoms with Gasteiger partial charge in [0.05, 0.1) is 5.69 Å². The maximum absolute atomic E-state index is 12.1. The van der Waals surface area contributed by atoms with E-state index in [2.05, 4.69) is 21.2 Å². The normalized spacial score (nSPS) is 11.7. The maximum atomic E-state index is 12.1. The van der Waals surface area contributed by atoms with Crippen molar-refractivity contribution in [2.45, 2.75) is 13.8 Å². The third-order valence-corrected chi connectivity index (χ3v) is 3.40. The monoisotopic (exact) mass is 362 g/mol. The molecule has 0 bridgehead atoms. The van der Waals surface area contributed by atoms with E-state index in [0.717, 1.165) is 4.47 Å². The second-order valence-electron chi connectivity index (χ2n) is 4.53. The second-order valence-corrected chi connectivity index (χ2v) is 5.44. The molecule has 0 spiro atoms. The Balaban J connectivity index is 2.59. The van der Waals surface area contributed by atoms with Crippen molar-refractivity contribution in [3.63, 3.8) is 0 Å². The predicted octanol–water partition coefficient (Wildman–Crippen LogP) is 3.69. The van der Waals surface area contributed by atoms with E-state index >= 15 is 0 Å². The molecule has 0 aliphatic rings. The number of furan rings is 1. The topological polar surface area (TPSA) is 103 Å². The average Bonchev–Trinajstić information content (AvgIpc) is 2.77. The van der Waals surface area contributed by atoms with Gasteiger partial charge in [-0.3, -0.25) is 9.59 Å². The van der Waals surface area contributed by atoms with Crippen LogP contribution >= 0.6 is 15.9 Å². The fourth-order valence-corrected chi connectivity index (χ4v) is 2.27. The van der Waals surface area contributed by atoms with Gasteiger partial charge in [-0.25, -0.2) is 0 Å². The van der Waals surface area contributed by atoms with Crippen molar-refractivity contribution in [2.24, 2.45) is 0 Å². The average molecular weight is 363 g/mol. The molecule has 1 aromatic heterocycles. The molecule has 0 aliphatic carbocycles. The molecule has 0 saturated carbocycles. The van der Waals surface area contributed by atoms with Gasteiger partial charge in [0, 0.05) is 16.8 Å². The Morgan fingerprint density at radius 3 is 2.59 bits per heavy atom. The van der Waals surface area contributed by atoms with Crippen molar-refractivity contribution in [1.82, 2.24) is 0 Å². The lowest BCUT2D eigenvalue weighted by molar-refractivity contribution is -0.112. The van der Waals surface area contributed by atoms with E-state index in [0.29, 0.717) is 11.0 Å². The number of benzene rings is 1. The molecule has 0 saturated heterocycles. The van der Waals surface area contributed by atoms with Crippen LogP contribution in [0.5, 0.6) is 0 Å². The second kappa shape index (κ2) is 6.03. The summed E-state index contributed by atoms with van der Waals surface area (Å²) in [5.41, 5.74) is 0.161. The Morgan fingerprint density at radius 1 is 1.36 bits per heavy atom. The number of halogens is 1. The molecule has 112 valence electrons. The molecule has 0 atom stereocenters. The molecule has 2 rings (SSSR count). The quantitative estimate of drug-likeness (QED) is 0.375. The highest BCUT2D eigenvalue weighted by molar-refractivity contribution is 9.10. The number of carbonyl (C=O) groups is 2.